The average Bonchev–Trinajstić information content (AvgIpc) is 3.69. The molecule has 10 nitrogen and oxygen atoms in total. The third kappa shape index (κ3) is 5.29. The summed E-state index contributed by atoms with van der Waals surface area (Å²) in [6, 6.07) is 19.4. The first-order valence-corrected chi connectivity index (χ1v) is 14.5. The summed E-state index contributed by atoms with van der Waals surface area (Å²) in [6.07, 6.45) is 1.66. The zero-order valence-electron chi connectivity index (χ0n) is 21.7. The largest absolute Gasteiger partial charge is 0.463 e. The number of tetrazole rings is 1. The number of thiazole rings is 1. The molecule has 4 heterocycles. The first-order chi connectivity index (χ1) is 19.9. The molecule has 41 heavy (non-hydrogen) atoms. The molecule has 1 atom stereocenters. The highest BCUT2D eigenvalue weighted by Gasteiger charge is 2.33. The van der Waals surface area contributed by atoms with Crippen LogP contribution in [0.25, 0.3) is 11.8 Å². The molecule has 6 rings (SSSR count). The van der Waals surface area contributed by atoms with Crippen molar-refractivity contribution in [3.05, 3.63) is 114 Å². The van der Waals surface area contributed by atoms with Crippen LogP contribution in [0, 0.1) is 0 Å². The monoisotopic (exact) mass is 604 g/mol. The van der Waals surface area contributed by atoms with Crippen molar-refractivity contribution in [2.45, 2.75) is 30.1 Å². The molecule has 0 saturated heterocycles. The molecular weight excluding hydrogens is 584 g/mol. The standard InChI is InChI=1S/C28H21ClN6O4S2/c1-3-38-26(37)23-16(2)30-27-34(24(23)17-9-11-18(29)12-10-17)25(36)21(40-27)15-20-13-14-22(39-20)41-28-31-32-33-35(28)19-7-5-4-6-8-19/h4-15,24H,3H2,1-2H3/b21-15-/t24-/m0/s1. The number of hydrogen-bond acceptors (Lipinski definition) is 10. The molecule has 0 saturated carbocycles. The Labute approximate surface area is 246 Å². The van der Waals surface area contributed by atoms with Gasteiger partial charge in [-0.2, -0.15) is 4.68 Å². The van der Waals surface area contributed by atoms with Crippen LogP contribution in [0.4, 0.5) is 0 Å². The predicted molar refractivity (Wildman–Crippen MR) is 154 cm³/mol. The molecule has 0 aliphatic carbocycles. The van der Waals surface area contributed by atoms with Crippen molar-refractivity contribution >= 4 is 46.7 Å². The van der Waals surface area contributed by atoms with E-state index in [2.05, 4.69) is 20.5 Å². The lowest BCUT2D eigenvalue weighted by molar-refractivity contribution is -0.139. The van der Waals surface area contributed by atoms with Crippen molar-refractivity contribution in [2.75, 3.05) is 6.61 Å². The van der Waals surface area contributed by atoms with Crippen LogP contribution in [-0.4, -0.2) is 37.4 Å². The van der Waals surface area contributed by atoms with Crippen LogP contribution < -0.4 is 14.9 Å². The first-order valence-electron chi connectivity index (χ1n) is 12.5. The van der Waals surface area contributed by atoms with E-state index in [0.29, 0.717) is 47.2 Å². The number of nitrogens with zero attached hydrogens (tertiary/aromatic N) is 6. The summed E-state index contributed by atoms with van der Waals surface area (Å²) in [4.78, 5) is 31.8. The summed E-state index contributed by atoms with van der Waals surface area (Å²) in [5.41, 5.74) is 2.03. The van der Waals surface area contributed by atoms with E-state index in [0.717, 1.165) is 5.69 Å². The van der Waals surface area contributed by atoms with Gasteiger partial charge in [0.05, 0.1) is 34.1 Å². The molecule has 5 aromatic rings. The fourth-order valence-electron chi connectivity index (χ4n) is 4.41. The number of hydrogen-bond donors (Lipinski definition) is 0. The number of allylic oxidation sites excluding steroid dienone is 1. The van der Waals surface area contributed by atoms with Gasteiger partial charge in [-0.3, -0.25) is 9.36 Å². The molecular formula is C28H21ClN6O4S2. The van der Waals surface area contributed by atoms with Crippen molar-refractivity contribution in [3.8, 4) is 5.69 Å². The van der Waals surface area contributed by atoms with Gasteiger partial charge in [-0.05, 0) is 78.0 Å². The Balaban J connectivity index is 1.37. The average molecular weight is 605 g/mol. The third-order valence-corrected chi connectivity index (χ3v) is 8.30. The molecule has 13 heteroatoms. The van der Waals surface area contributed by atoms with Crippen LogP contribution in [0.3, 0.4) is 0 Å². The smallest absolute Gasteiger partial charge is 0.338 e. The molecule has 0 amide bonds. The van der Waals surface area contributed by atoms with E-state index in [9.17, 15) is 9.59 Å². The maximum Gasteiger partial charge on any atom is 0.338 e. The van der Waals surface area contributed by atoms with Gasteiger partial charge < -0.3 is 9.15 Å². The molecule has 1 aliphatic heterocycles. The lowest BCUT2D eigenvalue weighted by Gasteiger charge is -2.24. The van der Waals surface area contributed by atoms with Crippen molar-refractivity contribution in [1.82, 2.24) is 24.8 Å². The van der Waals surface area contributed by atoms with Gasteiger partial charge in [0.15, 0.2) is 9.89 Å². The summed E-state index contributed by atoms with van der Waals surface area (Å²) in [7, 11) is 0. The fraction of sp³-hybridized carbons (Fsp3) is 0.143. The van der Waals surface area contributed by atoms with Gasteiger partial charge in [0.1, 0.15) is 5.76 Å². The number of halogens is 1. The van der Waals surface area contributed by atoms with Crippen LogP contribution in [0.1, 0.15) is 31.2 Å². The summed E-state index contributed by atoms with van der Waals surface area (Å²) < 4.78 is 14.9. The molecule has 0 spiro atoms. The van der Waals surface area contributed by atoms with Gasteiger partial charge in [0.25, 0.3) is 5.56 Å². The summed E-state index contributed by atoms with van der Waals surface area (Å²) in [5.74, 6) is -0.0469. The van der Waals surface area contributed by atoms with Gasteiger partial charge in [0, 0.05) is 11.1 Å². The number of carbonyl (C=O) groups excluding carboxylic acids is 1. The van der Waals surface area contributed by atoms with E-state index in [-0.39, 0.29) is 12.2 Å². The minimum atomic E-state index is -0.718. The van der Waals surface area contributed by atoms with Crippen LogP contribution in [0.5, 0.6) is 0 Å². The molecule has 0 fully saturated rings. The number of esters is 1. The fourth-order valence-corrected chi connectivity index (χ4v) is 6.32. The lowest BCUT2D eigenvalue weighted by atomic mass is 9.96. The number of aromatic nitrogens is 5. The number of carbonyl (C=O) groups is 1. The maximum absolute atomic E-state index is 13.8. The van der Waals surface area contributed by atoms with E-state index in [4.69, 9.17) is 20.8 Å². The number of ether oxygens (including phenoxy) is 1. The topological polar surface area (TPSA) is 117 Å². The number of rotatable bonds is 7. The molecule has 0 unspecified atom stereocenters. The van der Waals surface area contributed by atoms with E-state index in [1.165, 1.54) is 27.7 Å². The highest BCUT2D eigenvalue weighted by Crippen LogP contribution is 2.32. The van der Waals surface area contributed by atoms with Crippen molar-refractivity contribution < 1.29 is 13.9 Å². The molecule has 0 radical (unpaired) electrons. The molecule has 0 bridgehead atoms. The predicted octanol–water partition coefficient (Wildman–Crippen LogP) is 4.17. The maximum atomic E-state index is 13.8. The van der Waals surface area contributed by atoms with Crippen LogP contribution in [-0.2, 0) is 9.53 Å². The second-order valence-electron chi connectivity index (χ2n) is 8.82. The van der Waals surface area contributed by atoms with Crippen molar-refractivity contribution in [2.24, 2.45) is 4.99 Å². The Kier molecular flexibility index (Phi) is 7.43. The van der Waals surface area contributed by atoms with Gasteiger partial charge in [-0.25, -0.2) is 9.79 Å². The Morgan fingerprint density at radius 3 is 2.68 bits per heavy atom. The second-order valence-corrected chi connectivity index (χ2v) is 11.2. The quantitative estimate of drug-likeness (QED) is 0.254. The number of benzene rings is 2. The summed E-state index contributed by atoms with van der Waals surface area (Å²) in [5, 5.41) is 13.6. The summed E-state index contributed by atoms with van der Waals surface area (Å²) in [6.45, 7) is 3.67. The second kappa shape index (κ2) is 11.3. The Bertz CT molecular complexity index is 1960. The summed E-state index contributed by atoms with van der Waals surface area (Å²) >= 11 is 8.60. The molecule has 2 aromatic carbocycles. The first kappa shape index (κ1) is 26.9. The highest BCUT2D eigenvalue weighted by molar-refractivity contribution is 7.99. The molecule has 1 aliphatic rings. The normalized spacial score (nSPS) is 15.1. The van der Waals surface area contributed by atoms with Crippen LogP contribution in [0.2, 0.25) is 5.02 Å². The molecule has 3 aromatic heterocycles. The number of fused-ring (bicyclic) bond motifs is 1. The van der Waals surface area contributed by atoms with E-state index < -0.39 is 12.0 Å². The number of furan rings is 1. The Morgan fingerprint density at radius 2 is 1.93 bits per heavy atom. The van der Waals surface area contributed by atoms with Crippen molar-refractivity contribution in [3.63, 3.8) is 0 Å². The van der Waals surface area contributed by atoms with E-state index in [1.807, 2.05) is 30.3 Å². The molecule has 0 N–H and O–H groups in total. The van der Waals surface area contributed by atoms with Gasteiger partial charge in [-0.1, -0.05) is 53.3 Å². The van der Waals surface area contributed by atoms with E-state index in [1.54, 1.807) is 61.0 Å². The zero-order valence-corrected chi connectivity index (χ0v) is 24.1. The van der Waals surface area contributed by atoms with Gasteiger partial charge >= 0.3 is 5.97 Å². The zero-order chi connectivity index (χ0) is 28.5. The Morgan fingerprint density at radius 1 is 1.15 bits per heavy atom. The minimum Gasteiger partial charge on any atom is -0.463 e. The molecule has 206 valence electrons. The number of para-hydroxylation sites is 1. The highest BCUT2D eigenvalue weighted by atomic mass is 35.5. The van der Waals surface area contributed by atoms with Crippen LogP contribution >= 0.6 is 34.7 Å². The van der Waals surface area contributed by atoms with Crippen LogP contribution in [0.15, 0.2) is 102 Å². The third-order valence-electron chi connectivity index (χ3n) is 6.21. The SMILES string of the molecule is CCOC(=O)C1=C(C)N=c2s/c(=C\c3ccc(Sc4nnnn4-c4ccccc4)o3)c(=O)n2[C@H]1c1ccc(Cl)cc1. The minimum absolute atomic E-state index is 0.198. The van der Waals surface area contributed by atoms with E-state index >= 15 is 0 Å². The Hall–Kier alpha value is -4.26. The lowest BCUT2D eigenvalue weighted by Crippen LogP contribution is -2.39. The van der Waals surface area contributed by atoms with Gasteiger partial charge in [0.2, 0.25) is 5.16 Å². The van der Waals surface area contributed by atoms with Crippen molar-refractivity contribution in [1.29, 1.82) is 0 Å². The van der Waals surface area contributed by atoms with Gasteiger partial charge in [-0.15, -0.1) is 5.10 Å².